The fourth-order valence-corrected chi connectivity index (χ4v) is 3.30. The van der Waals surface area contributed by atoms with E-state index in [0.29, 0.717) is 0 Å². The number of aromatic nitrogens is 2. The molecular formula is C20H23BN2O2. The normalized spacial score (nSPS) is 18.8. The predicted molar refractivity (Wildman–Crippen MR) is 102 cm³/mol. The second kappa shape index (κ2) is 5.45. The molecule has 0 spiro atoms. The SMILES string of the molecule is Cn1cc(-c2ccncc2)c2cc(B3OC(C)(C)C(C)(C)O3)ccc21. The summed E-state index contributed by atoms with van der Waals surface area (Å²) in [5.74, 6) is 0. The summed E-state index contributed by atoms with van der Waals surface area (Å²) in [6.07, 6.45) is 5.81. The molecule has 1 fully saturated rings. The lowest BCUT2D eigenvalue weighted by molar-refractivity contribution is 0.00578. The zero-order valence-electron chi connectivity index (χ0n) is 15.4. The van der Waals surface area contributed by atoms with Gasteiger partial charge < -0.3 is 13.9 Å². The molecule has 0 bridgehead atoms. The van der Waals surface area contributed by atoms with Gasteiger partial charge in [0.15, 0.2) is 0 Å². The van der Waals surface area contributed by atoms with Crippen LogP contribution in [0.4, 0.5) is 0 Å². The van der Waals surface area contributed by atoms with Gasteiger partial charge in [0, 0.05) is 42.1 Å². The summed E-state index contributed by atoms with van der Waals surface area (Å²) in [7, 11) is 1.72. The van der Waals surface area contributed by atoms with Crippen molar-refractivity contribution in [2.75, 3.05) is 0 Å². The zero-order chi connectivity index (χ0) is 17.8. The van der Waals surface area contributed by atoms with Gasteiger partial charge in [-0.3, -0.25) is 4.98 Å². The van der Waals surface area contributed by atoms with Gasteiger partial charge in [0.2, 0.25) is 0 Å². The number of fused-ring (bicyclic) bond motifs is 1. The van der Waals surface area contributed by atoms with Crippen molar-refractivity contribution in [3.05, 3.63) is 48.9 Å². The van der Waals surface area contributed by atoms with Gasteiger partial charge in [-0.25, -0.2) is 0 Å². The highest BCUT2D eigenvalue weighted by Gasteiger charge is 2.51. The third kappa shape index (κ3) is 2.59. The molecule has 128 valence electrons. The van der Waals surface area contributed by atoms with Gasteiger partial charge in [-0.1, -0.05) is 12.1 Å². The highest BCUT2D eigenvalue weighted by molar-refractivity contribution is 6.62. The minimum absolute atomic E-state index is 0.336. The third-order valence-electron chi connectivity index (χ3n) is 5.53. The molecule has 2 aromatic heterocycles. The van der Waals surface area contributed by atoms with Crippen LogP contribution in [0.2, 0.25) is 0 Å². The van der Waals surface area contributed by atoms with Crippen molar-refractivity contribution in [3.8, 4) is 11.1 Å². The van der Waals surface area contributed by atoms with Crippen molar-refractivity contribution in [1.82, 2.24) is 9.55 Å². The predicted octanol–water partition coefficient (Wildman–Crippen LogP) is 3.54. The number of pyridine rings is 1. The minimum atomic E-state index is -0.347. The van der Waals surface area contributed by atoms with Crippen molar-refractivity contribution in [2.24, 2.45) is 7.05 Å². The van der Waals surface area contributed by atoms with Gasteiger partial charge in [-0.05, 0) is 56.9 Å². The molecule has 0 amide bonds. The summed E-state index contributed by atoms with van der Waals surface area (Å²) in [6.45, 7) is 8.32. The smallest absolute Gasteiger partial charge is 0.399 e. The van der Waals surface area contributed by atoms with Crippen LogP contribution < -0.4 is 5.46 Å². The number of rotatable bonds is 2. The quantitative estimate of drug-likeness (QED) is 0.673. The molecule has 1 saturated heterocycles. The summed E-state index contributed by atoms with van der Waals surface area (Å²) in [5.41, 5.74) is 3.92. The van der Waals surface area contributed by atoms with E-state index in [9.17, 15) is 0 Å². The first-order chi connectivity index (χ1) is 11.8. The Balaban J connectivity index is 1.81. The fourth-order valence-electron chi connectivity index (χ4n) is 3.30. The van der Waals surface area contributed by atoms with Gasteiger partial charge >= 0.3 is 7.12 Å². The molecule has 4 nitrogen and oxygen atoms in total. The van der Waals surface area contributed by atoms with Gasteiger partial charge in [-0.2, -0.15) is 0 Å². The molecule has 0 saturated carbocycles. The second-order valence-electron chi connectivity index (χ2n) is 7.75. The Kier molecular flexibility index (Phi) is 3.57. The van der Waals surface area contributed by atoms with Crippen LogP contribution in [0, 0.1) is 0 Å². The molecule has 1 aliphatic rings. The molecule has 0 unspecified atom stereocenters. The number of nitrogens with zero attached hydrogens (tertiary/aromatic N) is 2. The van der Waals surface area contributed by atoms with E-state index in [0.717, 1.165) is 11.0 Å². The molecule has 4 rings (SSSR count). The number of benzene rings is 1. The first kappa shape index (κ1) is 16.4. The maximum absolute atomic E-state index is 6.21. The number of hydrogen-bond acceptors (Lipinski definition) is 3. The summed E-state index contributed by atoms with van der Waals surface area (Å²) in [5, 5.41) is 1.20. The largest absolute Gasteiger partial charge is 0.494 e. The van der Waals surface area contributed by atoms with Crippen LogP contribution in [0.15, 0.2) is 48.9 Å². The Hall–Kier alpha value is -2.11. The standard InChI is InChI=1S/C20H23BN2O2/c1-19(2)20(3,4)25-21(24-19)15-6-7-18-16(12-15)17(13-23(18)5)14-8-10-22-11-9-14/h6-13H,1-5H3. The third-order valence-corrected chi connectivity index (χ3v) is 5.53. The lowest BCUT2D eigenvalue weighted by atomic mass is 9.78. The van der Waals surface area contributed by atoms with E-state index < -0.39 is 0 Å². The van der Waals surface area contributed by atoms with Crippen LogP contribution >= 0.6 is 0 Å². The molecule has 0 radical (unpaired) electrons. The van der Waals surface area contributed by atoms with Gasteiger partial charge in [-0.15, -0.1) is 0 Å². The molecule has 3 aromatic rings. The monoisotopic (exact) mass is 334 g/mol. The first-order valence-electron chi connectivity index (χ1n) is 8.63. The summed E-state index contributed by atoms with van der Waals surface area (Å²) in [6, 6.07) is 10.5. The van der Waals surface area contributed by atoms with Crippen molar-refractivity contribution < 1.29 is 9.31 Å². The van der Waals surface area contributed by atoms with E-state index in [-0.39, 0.29) is 18.3 Å². The molecule has 1 aliphatic heterocycles. The molecule has 1 aromatic carbocycles. The Labute approximate surface area is 148 Å². The minimum Gasteiger partial charge on any atom is -0.399 e. The molecule has 0 N–H and O–H groups in total. The van der Waals surface area contributed by atoms with Crippen LogP contribution in [0.3, 0.4) is 0 Å². The maximum Gasteiger partial charge on any atom is 0.494 e. The molecule has 3 heterocycles. The highest BCUT2D eigenvalue weighted by atomic mass is 16.7. The van der Waals surface area contributed by atoms with E-state index in [1.165, 1.54) is 16.5 Å². The van der Waals surface area contributed by atoms with Gasteiger partial charge in [0.25, 0.3) is 0 Å². The highest BCUT2D eigenvalue weighted by Crippen LogP contribution is 2.37. The second-order valence-corrected chi connectivity index (χ2v) is 7.75. The molecular weight excluding hydrogens is 311 g/mol. The fraction of sp³-hybridized carbons (Fsp3) is 0.350. The average Bonchev–Trinajstić information content (AvgIpc) is 3.01. The first-order valence-corrected chi connectivity index (χ1v) is 8.63. The van der Waals surface area contributed by atoms with Crippen molar-refractivity contribution in [3.63, 3.8) is 0 Å². The lowest BCUT2D eigenvalue weighted by Gasteiger charge is -2.32. The van der Waals surface area contributed by atoms with E-state index in [2.05, 4.69) is 68.7 Å². The van der Waals surface area contributed by atoms with E-state index >= 15 is 0 Å². The van der Waals surface area contributed by atoms with Crippen LogP contribution in [-0.2, 0) is 16.4 Å². The molecule has 25 heavy (non-hydrogen) atoms. The Bertz CT molecular complexity index is 916. The maximum atomic E-state index is 6.21. The van der Waals surface area contributed by atoms with Crippen molar-refractivity contribution >= 4 is 23.5 Å². The Morgan fingerprint density at radius 3 is 2.24 bits per heavy atom. The van der Waals surface area contributed by atoms with Crippen molar-refractivity contribution in [1.29, 1.82) is 0 Å². The van der Waals surface area contributed by atoms with Crippen molar-refractivity contribution in [2.45, 2.75) is 38.9 Å². The molecule has 5 heteroatoms. The average molecular weight is 334 g/mol. The Morgan fingerprint density at radius 2 is 1.60 bits per heavy atom. The van der Waals surface area contributed by atoms with E-state index in [4.69, 9.17) is 9.31 Å². The van der Waals surface area contributed by atoms with Gasteiger partial charge in [0.1, 0.15) is 0 Å². The molecule has 0 atom stereocenters. The lowest BCUT2D eigenvalue weighted by Crippen LogP contribution is -2.41. The van der Waals surface area contributed by atoms with Crippen LogP contribution in [0.1, 0.15) is 27.7 Å². The number of hydrogen-bond donors (Lipinski definition) is 0. The Morgan fingerprint density at radius 1 is 0.960 bits per heavy atom. The summed E-state index contributed by atoms with van der Waals surface area (Å²) < 4.78 is 14.6. The topological polar surface area (TPSA) is 36.3 Å². The zero-order valence-corrected chi connectivity index (χ0v) is 15.4. The van der Waals surface area contributed by atoms with E-state index in [1.54, 1.807) is 0 Å². The molecule has 0 aliphatic carbocycles. The van der Waals surface area contributed by atoms with Crippen LogP contribution in [0.25, 0.3) is 22.0 Å². The van der Waals surface area contributed by atoms with E-state index in [1.807, 2.05) is 24.5 Å². The van der Waals surface area contributed by atoms with Crippen LogP contribution in [0.5, 0.6) is 0 Å². The van der Waals surface area contributed by atoms with Crippen LogP contribution in [-0.4, -0.2) is 27.9 Å². The van der Waals surface area contributed by atoms with Gasteiger partial charge in [0.05, 0.1) is 11.2 Å². The summed E-state index contributed by atoms with van der Waals surface area (Å²) in [4.78, 5) is 4.12. The number of aryl methyl sites for hydroxylation is 1. The summed E-state index contributed by atoms with van der Waals surface area (Å²) >= 11 is 0.